The van der Waals surface area contributed by atoms with E-state index in [1.807, 2.05) is 11.7 Å². The van der Waals surface area contributed by atoms with Gasteiger partial charge in [-0.15, -0.1) is 5.21 Å². The van der Waals surface area contributed by atoms with Gasteiger partial charge in [0.15, 0.2) is 0 Å². The van der Waals surface area contributed by atoms with Crippen LogP contribution in [0.5, 0.6) is 0 Å². The predicted octanol–water partition coefficient (Wildman–Crippen LogP) is 1.19. The monoisotopic (exact) mass is 243 g/mol. The van der Waals surface area contributed by atoms with Gasteiger partial charge in [-0.3, -0.25) is 5.32 Å². The minimum Gasteiger partial charge on any atom is -0.418 e. The molecule has 0 aromatic carbocycles. The molecule has 0 atom stereocenters. The summed E-state index contributed by atoms with van der Waals surface area (Å²) in [6, 6.07) is 0. The van der Waals surface area contributed by atoms with E-state index in [-0.39, 0.29) is 5.54 Å². The molecule has 0 spiro atoms. The maximum Gasteiger partial charge on any atom is 0.673 e. The van der Waals surface area contributed by atoms with E-state index in [2.05, 4.69) is 41.6 Å². The van der Waals surface area contributed by atoms with Crippen LogP contribution < -0.4 is 10.00 Å². The fourth-order valence-electron chi connectivity index (χ4n) is 0.836. The second-order valence-corrected chi connectivity index (χ2v) is 3.87. The lowest BCUT2D eigenvalue weighted by Gasteiger charge is -2.14. The molecule has 0 aliphatic rings. The van der Waals surface area contributed by atoms with Gasteiger partial charge in [0.2, 0.25) is 0 Å². The molecule has 1 aromatic rings. The summed E-state index contributed by atoms with van der Waals surface area (Å²) in [7, 11) is -4.18. The zero-order valence-electron chi connectivity index (χ0n) is 9.43. The van der Waals surface area contributed by atoms with Gasteiger partial charge >= 0.3 is 13.2 Å². The Balaban J connectivity index is 0.000000385. The van der Waals surface area contributed by atoms with Gasteiger partial charge in [0.1, 0.15) is 5.21 Å². The van der Waals surface area contributed by atoms with Crippen molar-refractivity contribution in [1.29, 1.82) is 0 Å². The molecule has 1 heterocycles. The summed E-state index contributed by atoms with van der Waals surface area (Å²) >= 11 is 0. The molecule has 0 saturated heterocycles. The summed E-state index contributed by atoms with van der Waals surface area (Å²) < 4.78 is 40.9. The van der Waals surface area contributed by atoms with Crippen molar-refractivity contribution in [3.63, 3.8) is 0 Å². The van der Waals surface area contributed by atoms with Crippen molar-refractivity contribution in [3.8, 4) is 0 Å². The molecular formula is C6H14BF4N5. The van der Waals surface area contributed by atoms with Crippen LogP contribution in [-0.2, 0) is 5.54 Å². The second kappa shape index (κ2) is 5.13. The molecule has 0 bridgehead atoms. The zero-order chi connectivity index (χ0) is 13.0. The maximum absolute atomic E-state index is 9.75. The average Bonchev–Trinajstić information content (AvgIpc) is 2.46. The highest BCUT2D eigenvalue weighted by Crippen LogP contribution is 2.06. The van der Waals surface area contributed by atoms with Crippen molar-refractivity contribution < 1.29 is 21.9 Å². The number of hydrogen-bond donors (Lipinski definition) is 2. The largest absolute Gasteiger partial charge is 0.673 e. The molecule has 16 heavy (non-hydrogen) atoms. The molecule has 1 aromatic heterocycles. The number of aromatic amines is 1. The summed E-state index contributed by atoms with van der Waals surface area (Å²) in [6.07, 6.45) is 0. The molecule has 94 valence electrons. The standard InChI is InChI=1S/C6H13N5.BF4/c1-6(2,3)11-5(7-4)8-9-10-11;2-1(3,4)5/h1-4H3,(H,7,8,10);/q;-1/p+1. The van der Waals surface area contributed by atoms with Gasteiger partial charge in [-0.25, -0.2) is 0 Å². The Kier molecular flexibility index (Phi) is 4.69. The number of anilines is 1. The third-order valence-corrected chi connectivity index (χ3v) is 1.40. The second-order valence-electron chi connectivity index (χ2n) is 3.87. The van der Waals surface area contributed by atoms with Crippen LogP contribution in [0.15, 0.2) is 0 Å². The van der Waals surface area contributed by atoms with E-state index >= 15 is 0 Å². The van der Waals surface area contributed by atoms with Gasteiger partial charge in [0.25, 0.3) is 0 Å². The third-order valence-electron chi connectivity index (χ3n) is 1.40. The summed E-state index contributed by atoms with van der Waals surface area (Å²) in [5.41, 5.74) is -0.0121. The molecule has 0 aliphatic heterocycles. The van der Waals surface area contributed by atoms with Crippen LogP contribution in [-0.4, -0.2) is 29.8 Å². The first-order valence-corrected chi connectivity index (χ1v) is 4.44. The van der Waals surface area contributed by atoms with Crippen LogP contribution in [0, 0.1) is 0 Å². The highest BCUT2D eigenvalue weighted by atomic mass is 19.5. The van der Waals surface area contributed by atoms with Crippen molar-refractivity contribution in [2.75, 3.05) is 12.4 Å². The maximum atomic E-state index is 9.75. The van der Waals surface area contributed by atoms with Gasteiger partial charge < -0.3 is 17.3 Å². The summed E-state index contributed by atoms with van der Waals surface area (Å²) in [4.78, 5) is 0. The first kappa shape index (κ1) is 14.7. The minimum atomic E-state index is -6.00. The van der Waals surface area contributed by atoms with Crippen LogP contribution in [0.4, 0.5) is 23.2 Å². The Bertz CT molecular complexity index is 311. The van der Waals surface area contributed by atoms with Crippen molar-refractivity contribution in [3.05, 3.63) is 0 Å². The number of aromatic nitrogens is 4. The smallest absolute Gasteiger partial charge is 0.418 e. The normalized spacial score (nSPS) is 11.8. The Morgan fingerprint density at radius 3 is 1.94 bits per heavy atom. The van der Waals surface area contributed by atoms with Crippen LogP contribution in [0.3, 0.4) is 0 Å². The van der Waals surface area contributed by atoms with Gasteiger partial charge in [0.05, 0.1) is 10.6 Å². The zero-order valence-corrected chi connectivity index (χ0v) is 9.43. The molecule has 0 unspecified atom stereocenters. The molecule has 0 fully saturated rings. The SMILES string of the molecule is CNc1nn[nH][n+]1C(C)(C)C.F[B-](F)(F)F. The van der Waals surface area contributed by atoms with Gasteiger partial charge in [-0.1, -0.05) is 0 Å². The van der Waals surface area contributed by atoms with Crippen molar-refractivity contribution >= 4 is 13.2 Å². The summed E-state index contributed by atoms with van der Waals surface area (Å²) in [5, 5.41) is 13.3. The number of halogens is 4. The van der Waals surface area contributed by atoms with Crippen LogP contribution in [0.2, 0.25) is 0 Å². The number of tetrazole rings is 1. The van der Waals surface area contributed by atoms with Gasteiger partial charge in [0, 0.05) is 7.05 Å². The predicted molar refractivity (Wildman–Crippen MR) is 51.3 cm³/mol. The van der Waals surface area contributed by atoms with E-state index in [0.717, 1.165) is 5.95 Å². The number of nitrogens with one attached hydrogen (secondary N) is 2. The highest BCUT2D eigenvalue weighted by Gasteiger charge is 2.23. The third kappa shape index (κ3) is 6.20. The summed E-state index contributed by atoms with van der Waals surface area (Å²) in [5.74, 6) is 0.748. The lowest BCUT2D eigenvalue weighted by atomic mass is 10.1. The Labute approximate surface area is 90.3 Å². The minimum absolute atomic E-state index is 0.0121. The highest BCUT2D eigenvalue weighted by molar-refractivity contribution is 6.50. The molecule has 1 rings (SSSR count). The Morgan fingerprint density at radius 2 is 1.69 bits per heavy atom. The molecule has 0 saturated carbocycles. The molecule has 2 N–H and O–H groups in total. The van der Waals surface area contributed by atoms with Crippen molar-refractivity contribution in [1.82, 2.24) is 15.5 Å². The van der Waals surface area contributed by atoms with E-state index in [0.29, 0.717) is 0 Å². The van der Waals surface area contributed by atoms with Crippen molar-refractivity contribution in [2.45, 2.75) is 26.3 Å². The van der Waals surface area contributed by atoms with E-state index in [9.17, 15) is 17.3 Å². The fraction of sp³-hybridized carbons (Fsp3) is 0.833. The van der Waals surface area contributed by atoms with E-state index in [4.69, 9.17) is 0 Å². The molecule has 0 radical (unpaired) electrons. The van der Waals surface area contributed by atoms with Crippen LogP contribution in [0.25, 0.3) is 0 Å². The molecule has 5 nitrogen and oxygen atoms in total. The Hall–Kier alpha value is -1.35. The Morgan fingerprint density at radius 1 is 1.25 bits per heavy atom. The quantitative estimate of drug-likeness (QED) is 0.442. The topological polar surface area (TPSA) is 57.5 Å². The van der Waals surface area contributed by atoms with E-state index in [1.165, 1.54) is 0 Å². The molecule has 0 aliphatic carbocycles. The summed E-state index contributed by atoms with van der Waals surface area (Å²) in [6.45, 7) is 6.23. The number of hydrogen-bond acceptors (Lipinski definition) is 3. The van der Waals surface area contributed by atoms with Crippen molar-refractivity contribution in [2.24, 2.45) is 0 Å². The lowest BCUT2D eigenvalue weighted by Crippen LogP contribution is -2.53. The number of rotatable bonds is 1. The number of nitrogens with zero attached hydrogens (tertiary/aromatic N) is 3. The molecular weight excluding hydrogens is 229 g/mol. The van der Waals surface area contributed by atoms with Gasteiger partial charge in [-0.2, -0.15) is 4.68 Å². The molecule has 0 amide bonds. The first-order valence-electron chi connectivity index (χ1n) is 4.44. The lowest BCUT2D eigenvalue weighted by molar-refractivity contribution is -0.794. The van der Waals surface area contributed by atoms with Crippen LogP contribution >= 0.6 is 0 Å². The fourth-order valence-corrected chi connectivity index (χ4v) is 0.836. The van der Waals surface area contributed by atoms with Crippen LogP contribution in [0.1, 0.15) is 20.8 Å². The van der Waals surface area contributed by atoms with E-state index in [1.54, 1.807) is 0 Å². The van der Waals surface area contributed by atoms with E-state index < -0.39 is 7.25 Å². The first-order chi connectivity index (χ1) is 7.05. The number of H-pyrrole nitrogens is 1. The average molecular weight is 243 g/mol. The molecule has 10 heteroatoms. The van der Waals surface area contributed by atoms with Gasteiger partial charge in [-0.05, 0) is 20.8 Å².